The lowest BCUT2D eigenvalue weighted by Gasteiger charge is -2.26. The molecule has 86 valence electrons. The quantitative estimate of drug-likeness (QED) is 0.769. The third kappa shape index (κ3) is 3.64. The number of aromatic nitrogens is 2. The number of imidazole rings is 1. The Hall–Kier alpha value is -0.870. The second-order valence-electron chi connectivity index (χ2n) is 4.24. The number of hydrogen-bond donors (Lipinski definition) is 1. The van der Waals surface area contributed by atoms with Gasteiger partial charge in [0.05, 0.1) is 18.5 Å². The lowest BCUT2D eigenvalue weighted by Crippen LogP contribution is -2.31. The van der Waals surface area contributed by atoms with E-state index < -0.39 is 0 Å². The summed E-state index contributed by atoms with van der Waals surface area (Å²) in [6.45, 7) is 8.38. The van der Waals surface area contributed by atoms with Crippen LogP contribution in [0.2, 0.25) is 0 Å². The monoisotopic (exact) mass is 211 g/mol. The van der Waals surface area contributed by atoms with E-state index >= 15 is 0 Å². The predicted molar refractivity (Wildman–Crippen MR) is 60.7 cm³/mol. The molecule has 0 amide bonds. The summed E-state index contributed by atoms with van der Waals surface area (Å²) < 4.78 is 7.77. The normalized spacial score (nSPS) is 12.0. The largest absolute Gasteiger partial charge is 0.374 e. The molecule has 0 radical (unpaired) electrons. The van der Waals surface area contributed by atoms with Gasteiger partial charge in [-0.2, -0.15) is 0 Å². The van der Waals surface area contributed by atoms with Crippen molar-refractivity contribution in [2.45, 2.75) is 39.3 Å². The van der Waals surface area contributed by atoms with E-state index in [9.17, 15) is 0 Å². The lowest BCUT2D eigenvalue weighted by atomic mass is 10.1. The van der Waals surface area contributed by atoms with Gasteiger partial charge in [0.15, 0.2) is 0 Å². The molecule has 0 aliphatic carbocycles. The van der Waals surface area contributed by atoms with Crippen molar-refractivity contribution in [2.75, 3.05) is 13.2 Å². The highest BCUT2D eigenvalue weighted by molar-refractivity contribution is 4.99. The van der Waals surface area contributed by atoms with Crippen molar-refractivity contribution in [1.29, 1.82) is 0 Å². The molecule has 0 bridgehead atoms. The average Bonchev–Trinajstić information content (AvgIpc) is 2.52. The molecule has 1 aromatic heterocycles. The maximum Gasteiger partial charge on any atom is 0.0949 e. The van der Waals surface area contributed by atoms with E-state index in [4.69, 9.17) is 10.5 Å². The fourth-order valence-corrected chi connectivity index (χ4v) is 1.69. The van der Waals surface area contributed by atoms with Crippen LogP contribution in [0.3, 0.4) is 0 Å². The summed E-state index contributed by atoms with van der Waals surface area (Å²) in [6.07, 6.45) is 4.57. The molecule has 0 unspecified atom stereocenters. The standard InChI is InChI=1S/C11H21N3O/c1-4-15-11(2,3)8-14-9-13-7-10(14)5-6-12/h7,9H,4-6,8,12H2,1-3H3. The van der Waals surface area contributed by atoms with Crippen LogP contribution >= 0.6 is 0 Å². The highest BCUT2D eigenvalue weighted by Crippen LogP contribution is 2.14. The maximum atomic E-state index is 5.66. The first-order valence-corrected chi connectivity index (χ1v) is 5.42. The molecule has 4 heteroatoms. The molecule has 0 fully saturated rings. The molecule has 0 aromatic carbocycles. The Balaban J connectivity index is 2.66. The molecule has 0 spiro atoms. The van der Waals surface area contributed by atoms with Crippen LogP contribution in [-0.4, -0.2) is 28.3 Å². The van der Waals surface area contributed by atoms with Crippen molar-refractivity contribution in [3.05, 3.63) is 18.2 Å². The minimum atomic E-state index is -0.154. The van der Waals surface area contributed by atoms with Gasteiger partial charge in [0, 0.05) is 24.9 Å². The minimum Gasteiger partial charge on any atom is -0.374 e. The molecule has 0 saturated heterocycles. The van der Waals surface area contributed by atoms with Gasteiger partial charge in [-0.15, -0.1) is 0 Å². The fraction of sp³-hybridized carbons (Fsp3) is 0.727. The van der Waals surface area contributed by atoms with Gasteiger partial charge >= 0.3 is 0 Å². The summed E-state index contributed by atoms with van der Waals surface area (Å²) >= 11 is 0. The lowest BCUT2D eigenvalue weighted by molar-refractivity contribution is -0.0228. The smallest absolute Gasteiger partial charge is 0.0949 e. The second-order valence-corrected chi connectivity index (χ2v) is 4.24. The Kier molecular flexibility index (Phi) is 4.29. The molecule has 0 saturated carbocycles. The van der Waals surface area contributed by atoms with Crippen molar-refractivity contribution >= 4 is 0 Å². The number of ether oxygens (including phenoxy) is 1. The van der Waals surface area contributed by atoms with E-state index in [1.54, 1.807) is 0 Å². The van der Waals surface area contributed by atoms with Crippen LogP contribution in [0.15, 0.2) is 12.5 Å². The maximum absolute atomic E-state index is 5.66. The zero-order valence-corrected chi connectivity index (χ0v) is 9.86. The van der Waals surface area contributed by atoms with Crippen LogP contribution in [0.5, 0.6) is 0 Å². The van der Waals surface area contributed by atoms with Gasteiger partial charge in [0.2, 0.25) is 0 Å². The molecule has 0 atom stereocenters. The minimum absolute atomic E-state index is 0.154. The molecular weight excluding hydrogens is 190 g/mol. The number of nitrogens with zero attached hydrogens (tertiary/aromatic N) is 2. The Labute approximate surface area is 91.4 Å². The first kappa shape index (κ1) is 12.2. The first-order chi connectivity index (χ1) is 7.09. The summed E-state index contributed by atoms with van der Waals surface area (Å²) in [5, 5.41) is 0. The third-order valence-corrected chi connectivity index (χ3v) is 2.29. The highest BCUT2D eigenvalue weighted by atomic mass is 16.5. The number of nitrogens with two attached hydrogens (primary N) is 1. The molecule has 15 heavy (non-hydrogen) atoms. The van der Waals surface area contributed by atoms with Crippen molar-refractivity contribution in [3.8, 4) is 0 Å². The third-order valence-electron chi connectivity index (χ3n) is 2.29. The van der Waals surface area contributed by atoms with E-state index in [1.807, 2.05) is 19.4 Å². The molecule has 0 aliphatic rings. The Morgan fingerprint density at radius 3 is 2.87 bits per heavy atom. The van der Waals surface area contributed by atoms with Crippen LogP contribution in [0.4, 0.5) is 0 Å². The number of rotatable bonds is 6. The van der Waals surface area contributed by atoms with Gasteiger partial charge in [-0.3, -0.25) is 0 Å². The van der Waals surface area contributed by atoms with Crippen LogP contribution in [0.25, 0.3) is 0 Å². The van der Waals surface area contributed by atoms with E-state index in [1.165, 1.54) is 5.69 Å². The molecule has 1 heterocycles. The van der Waals surface area contributed by atoms with Gasteiger partial charge in [0.1, 0.15) is 0 Å². The average molecular weight is 211 g/mol. The van der Waals surface area contributed by atoms with E-state index in [2.05, 4.69) is 23.4 Å². The molecule has 1 aromatic rings. The summed E-state index contributed by atoms with van der Waals surface area (Å²) in [5.74, 6) is 0. The molecular formula is C11H21N3O. The van der Waals surface area contributed by atoms with Gasteiger partial charge in [-0.1, -0.05) is 0 Å². The van der Waals surface area contributed by atoms with Gasteiger partial charge in [-0.05, 0) is 27.3 Å². The van der Waals surface area contributed by atoms with Crippen molar-refractivity contribution in [2.24, 2.45) is 5.73 Å². The molecule has 0 aliphatic heterocycles. The highest BCUT2D eigenvalue weighted by Gasteiger charge is 2.19. The van der Waals surface area contributed by atoms with Crippen LogP contribution in [0.1, 0.15) is 26.5 Å². The van der Waals surface area contributed by atoms with E-state index in [0.29, 0.717) is 6.54 Å². The predicted octanol–water partition coefficient (Wildman–Crippen LogP) is 1.20. The van der Waals surface area contributed by atoms with Crippen LogP contribution in [0, 0.1) is 0 Å². The summed E-state index contributed by atoms with van der Waals surface area (Å²) in [6, 6.07) is 0. The SMILES string of the molecule is CCOC(C)(C)Cn1cncc1CCN. The van der Waals surface area contributed by atoms with Crippen LogP contribution < -0.4 is 5.73 Å². The van der Waals surface area contributed by atoms with Gasteiger partial charge in [-0.25, -0.2) is 4.98 Å². The molecule has 2 N–H and O–H groups in total. The second kappa shape index (κ2) is 5.28. The Bertz CT molecular complexity index is 294. The van der Waals surface area contributed by atoms with Crippen molar-refractivity contribution in [1.82, 2.24) is 9.55 Å². The molecule has 4 nitrogen and oxygen atoms in total. The van der Waals surface area contributed by atoms with Crippen LogP contribution in [-0.2, 0) is 17.7 Å². The zero-order valence-electron chi connectivity index (χ0n) is 9.86. The summed E-state index contributed by atoms with van der Waals surface area (Å²) in [5.41, 5.74) is 6.56. The number of hydrogen-bond acceptors (Lipinski definition) is 3. The first-order valence-electron chi connectivity index (χ1n) is 5.42. The van der Waals surface area contributed by atoms with E-state index in [0.717, 1.165) is 19.6 Å². The van der Waals surface area contributed by atoms with Gasteiger partial charge in [0.25, 0.3) is 0 Å². The van der Waals surface area contributed by atoms with Gasteiger partial charge < -0.3 is 15.0 Å². The topological polar surface area (TPSA) is 53.1 Å². The Morgan fingerprint density at radius 2 is 2.27 bits per heavy atom. The molecule has 1 rings (SSSR count). The Morgan fingerprint density at radius 1 is 1.53 bits per heavy atom. The summed E-state index contributed by atoms with van der Waals surface area (Å²) in [7, 11) is 0. The van der Waals surface area contributed by atoms with Crippen molar-refractivity contribution < 1.29 is 4.74 Å². The fourth-order valence-electron chi connectivity index (χ4n) is 1.69. The summed E-state index contributed by atoms with van der Waals surface area (Å²) in [4.78, 5) is 4.14. The zero-order chi connectivity index (χ0) is 11.3. The van der Waals surface area contributed by atoms with Crippen molar-refractivity contribution in [3.63, 3.8) is 0 Å². The van der Waals surface area contributed by atoms with E-state index in [-0.39, 0.29) is 5.60 Å².